The molecule has 2 aromatic carbocycles. The van der Waals surface area contributed by atoms with Crippen molar-refractivity contribution in [3.05, 3.63) is 67.7 Å². The molecule has 0 spiro atoms. The molecular formula is C16H13BrN2O3. The number of hydrogen-bond acceptors (Lipinski definition) is 3. The van der Waals surface area contributed by atoms with E-state index in [-0.39, 0.29) is 17.2 Å². The number of hydrogen-bond donors (Lipinski definition) is 1. The molecule has 1 N–H and O–H groups in total. The Morgan fingerprint density at radius 1 is 1.14 bits per heavy atom. The fraction of sp³-hybridized carbons (Fsp3) is 0.188. The number of rotatable bonds is 3. The summed E-state index contributed by atoms with van der Waals surface area (Å²) in [6.45, 7) is 0. The van der Waals surface area contributed by atoms with Gasteiger partial charge in [0.1, 0.15) is 0 Å². The maximum atomic E-state index is 12.3. The molecule has 1 aliphatic rings. The minimum absolute atomic E-state index is 0.109. The van der Waals surface area contributed by atoms with Crippen LogP contribution in [0.1, 0.15) is 27.9 Å². The summed E-state index contributed by atoms with van der Waals surface area (Å²) in [5, 5.41) is 13.6. The molecule has 0 aliphatic heterocycles. The molecule has 1 aliphatic carbocycles. The van der Waals surface area contributed by atoms with Crippen molar-refractivity contribution in [2.45, 2.75) is 19.3 Å². The highest BCUT2D eigenvalue weighted by Crippen LogP contribution is 2.27. The Morgan fingerprint density at radius 3 is 2.68 bits per heavy atom. The number of non-ortho nitro benzene ring substituents is 1. The van der Waals surface area contributed by atoms with E-state index < -0.39 is 4.92 Å². The highest BCUT2D eigenvalue weighted by atomic mass is 79.9. The summed E-state index contributed by atoms with van der Waals surface area (Å²) in [4.78, 5) is 22.7. The number of benzene rings is 2. The summed E-state index contributed by atoms with van der Waals surface area (Å²) in [7, 11) is 0. The van der Waals surface area contributed by atoms with E-state index >= 15 is 0 Å². The highest BCUT2D eigenvalue weighted by Gasteiger charge is 2.17. The second kappa shape index (κ2) is 5.88. The minimum Gasteiger partial charge on any atom is -0.322 e. The Labute approximate surface area is 135 Å². The van der Waals surface area contributed by atoms with Gasteiger partial charge in [-0.15, -0.1) is 0 Å². The molecule has 22 heavy (non-hydrogen) atoms. The van der Waals surface area contributed by atoms with Gasteiger partial charge in [-0.25, -0.2) is 0 Å². The van der Waals surface area contributed by atoms with Crippen LogP contribution in [0, 0.1) is 10.1 Å². The molecule has 0 atom stereocenters. The first-order valence-electron chi connectivity index (χ1n) is 6.92. The molecular weight excluding hydrogens is 348 g/mol. The molecule has 0 radical (unpaired) electrons. The maximum Gasteiger partial charge on any atom is 0.270 e. The number of anilines is 1. The molecule has 0 unspecified atom stereocenters. The number of nitro benzene ring substituents is 1. The standard InChI is InChI=1S/C16H13BrN2O3/c17-15-7-6-13(19(21)22)9-14(15)16(20)18-12-5-4-10-2-1-3-11(10)8-12/h4-9H,1-3H2,(H,18,20). The molecule has 112 valence electrons. The van der Waals surface area contributed by atoms with Gasteiger partial charge in [0, 0.05) is 22.3 Å². The second-order valence-corrected chi connectivity index (χ2v) is 6.07. The molecule has 5 nitrogen and oxygen atoms in total. The number of nitrogens with zero attached hydrogens (tertiary/aromatic N) is 1. The zero-order valence-electron chi connectivity index (χ0n) is 11.6. The van der Waals surface area contributed by atoms with Gasteiger partial charge in [0.2, 0.25) is 0 Å². The van der Waals surface area contributed by atoms with Gasteiger partial charge < -0.3 is 5.32 Å². The Bertz CT molecular complexity index is 774. The van der Waals surface area contributed by atoms with Crippen molar-refractivity contribution in [2.75, 3.05) is 5.32 Å². The molecule has 0 saturated heterocycles. The first kappa shape index (κ1) is 14.7. The second-order valence-electron chi connectivity index (χ2n) is 5.21. The van der Waals surface area contributed by atoms with Crippen LogP contribution in [-0.4, -0.2) is 10.8 Å². The van der Waals surface area contributed by atoms with Gasteiger partial charge in [-0.3, -0.25) is 14.9 Å². The molecule has 2 aromatic rings. The van der Waals surface area contributed by atoms with Crippen molar-refractivity contribution in [3.63, 3.8) is 0 Å². The van der Waals surface area contributed by atoms with E-state index in [4.69, 9.17) is 0 Å². The third-order valence-corrected chi connectivity index (χ3v) is 4.45. The number of fused-ring (bicyclic) bond motifs is 1. The van der Waals surface area contributed by atoms with Crippen LogP contribution in [0.4, 0.5) is 11.4 Å². The van der Waals surface area contributed by atoms with Crippen LogP contribution in [0.15, 0.2) is 40.9 Å². The molecule has 3 rings (SSSR count). The normalized spacial score (nSPS) is 12.8. The smallest absolute Gasteiger partial charge is 0.270 e. The van der Waals surface area contributed by atoms with Gasteiger partial charge in [-0.05, 0) is 64.5 Å². The predicted octanol–water partition coefficient (Wildman–Crippen LogP) is 4.10. The number of aryl methyl sites for hydroxylation is 2. The fourth-order valence-electron chi connectivity index (χ4n) is 2.65. The van der Waals surface area contributed by atoms with Crippen LogP contribution in [-0.2, 0) is 12.8 Å². The van der Waals surface area contributed by atoms with Gasteiger partial charge >= 0.3 is 0 Å². The first-order valence-corrected chi connectivity index (χ1v) is 7.71. The largest absolute Gasteiger partial charge is 0.322 e. The number of nitrogens with one attached hydrogen (secondary N) is 1. The summed E-state index contributed by atoms with van der Waals surface area (Å²) >= 11 is 3.26. The average molecular weight is 361 g/mol. The van der Waals surface area contributed by atoms with Crippen LogP contribution in [0.25, 0.3) is 0 Å². The molecule has 0 saturated carbocycles. The Balaban J connectivity index is 1.85. The van der Waals surface area contributed by atoms with Crippen molar-refractivity contribution in [2.24, 2.45) is 0 Å². The van der Waals surface area contributed by atoms with Crippen LogP contribution < -0.4 is 5.32 Å². The summed E-state index contributed by atoms with van der Waals surface area (Å²) in [5.74, 6) is -0.367. The van der Waals surface area contributed by atoms with E-state index in [1.165, 1.54) is 29.3 Å². The summed E-state index contributed by atoms with van der Waals surface area (Å²) in [6.07, 6.45) is 3.25. The Hall–Kier alpha value is -2.21. The zero-order valence-corrected chi connectivity index (χ0v) is 13.2. The lowest BCUT2D eigenvalue weighted by atomic mass is 10.1. The van der Waals surface area contributed by atoms with Crippen molar-refractivity contribution in [3.8, 4) is 0 Å². The van der Waals surface area contributed by atoms with Gasteiger partial charge in [0.15, 0.2) is 0 Å². The number of halogens is 1. The molecule has 1 amide bonds. The predicted molar refractivity (Wildman–Crippen MR) is 87.2 cm³/mol. The summed E-state index contributed by atoms with van der Waals surface area (Å²) in [6, 6.07) is 10.0. The van der Waals surface area contributed by atoms with E-state index in [2.05, 4.69) is 21.2 Å². The van der Waals surface area contributed by atoms with Crippen LogP contribution in [0.5, 0.6) is 0 Å². The lowest BCUT2D eigenvalue weighted by Crippen LogP contribution is -2.13. The van der Waals surface area contributed by atoms with Crippen LogP contribution in [0.2, 0.25) is 0 Å². The molecule has 6 heteroatoms. The molecule has 0 fully saturated rings. The van der Waals surface area contributed by atoms with Crippen molar-refractivity contribution in [1.29, 1.82) is 0 Å². The average Bonchev–Trinajstić information content (AvgIpc) is 2.94. The fourth-order valence-corrected chi connectivity index (χ4v) is 3.08. The van der Waals surface area contributed by atoms with Gasteiger partial charge in [0.25, 0.3) is 11.6 Å². The third-order valence-electron chi connectivity index (χ3n) is 3.76. The number of carbonyl (C=O) groups is 1. The number of carbonyl (C=O) groups excluding carboxylic acids is 1. The van der Waals surface area contributed by atoms with E-state index in [9.17, 15) is 14.9 Å². The quantitative estimate of drug-likeness (QED) is 0.661. The van der Waals surface area contributed by atoms with Crippen molar-refractivity contribution in [1.82, 2.24) is 0 Å². The molecule has 0 heterocycles. The van der Waals surface area contributed by atoms with Gasteiger partial charge in [-0.1, -0.05) is 6.07 Å². The van der Waals surface area contributed by atoms with Crippen LogP contribution in [0.3, 0.4) is 0 Å². The molecule has 0 aromatic heterocycles. The van der Waals surface area contributed by atoms with Gasteiger partial charge in [0.05, 0.1) is 10.5 Å². The maximum absolute atomic E-state index is 12.3. The third kappa shape index (κ3) is 2.87. The van der Waals surface area contributed by atoms with Crippen molar-refractivity contribution >= 4 is 33.2 Å². The van der Waals surface area contributed by atoms with E-state index in [0.29, 0.717) is 10.2 Å². The zero-order chi connectivity index (χ0) is 15.7. The lowest BCUT2D eigenvalue weighted by Gasteiger charge is -2.08. The van der Waals surface area contributed by atoms with Crippen LogP contribution >= 0.6 is 15.9 Å². The number of nitro groups is 1. The topological polar surface area (TPSA) is 72.2 Å². The minimum atomic E-state index is -0.515. The Morgan fingerprint density at radius 2 is 1.91 bits per heavy atom. The summed E-state index contributed by atoms with van der Waals surface area (Å²) in [5.41, 5.74) is 3.44. The molecule has 0 bridgehead atoms. The van der Waals surface area contributed by atoms with Crippen molar-refractivity contribution < 1.29 is 9.72 Å². The monoisotopic (exact) mass is 360 g/mol. The highest BCUT2D eigenvalue weighted by molar-refractivity contribution is 9.10. The summed E-state index contributed by atoms with van der Waals surface area (Å²) < 4.78 is 0.525. The first-order chi connectivity index (χ1) is 10.5. The van der Waals surface area contributed by atoms with E-state index in [0.717, 1.165) is 19.3 Å². The number of amides is 1. The van der Waals surface area contributed by atoms with E-state index in [1.807, 2.05) is 18.2 Å². The SMILES string of the molecule is O=C(Nc1ccc2c(c1)CCC2)c1cc([N+](=O)[O-])ccc1Br. The van der Waals surface area contributed by atoms with Gasteiger partial charge in [-0.2, -0.15) is 0 Å². The Kier molecular flexibility index (Phi) is 3.94. The van der Waals surface area contributed by atoms with E-state index in [1.54, 1.807) is 0 Å². The lowest BCUT2D eigenvalue weighted by molar-refractivity contribution is -0.384.